The summed E-state index contributed by atoms with van der Waals surface area (Å²) in [5.74, 6) is 1.04. The monoisotopic (exact) mass is 346 g/mol. The van der Waals surface area contributed by atoms with Gasteiger partial charge in [0.25, 0.3) is 0 Å². The summed E-state index contributed by atoms with van der Waals surface area (Å²) >= 11 is 0. The van der Waals surface area contributed by atoms with E-state index in [1.165, 1.54) is 23.3 Å². The quantitative estimate of drug-likeness (QED) is 0.878. The van der Waals surface area contributed by atoms with E-state index in [2.05, 4.69) is 10.0 Å². The molecule has 0 radical (unpaired) electrons. The molecule has 24 heavy (non-hydrogen) atoms. The van der Waals surface area contributed by atoms with Gasteiger partial charge < -0.3 is 14.8 Å². The van der Waals surface area contributed by atoms with Crippen LogP contribution in [0.4, 0.5) is 0 Å². The van der Waals surface area contributed by atoms with E-state index in [-0.39, 0.29) is 11.4 Å². The van der Waals surface area contributed by atoms with Crippen molar-refractivity contribution in [1.29, 1.82) is 0 Å². The first-order valence-corrected chi connectivity index (χ1v) is 9.31. The van der Waals surface area contributed by atoms with Crippen LogP contribution in [0.15, 0.2) is 41.3 Å². The average molecular weight is 346 g/mol. The van der Waals surface area contributed by atoms with Crippen LogP contribution in [0.25, 0.3) is 0 Å². The summed E-state index contributed by atoms with van der Waals surface area (Å²) in [6.07, 6.45) is 0. The van der Waals surface area contributed by atoms with E-state index in [9.17, 15) is 8.42 Å². The molecule has 0 unspecified atom stereocenters. The molecule has 0 aromatic heterocycles. The van der Waals surface area contributed by atoms with Gasteiger partial charge in [-0.15, -0.1) is 0 Å². The van der Waals surface area contributed by atoms with Gasteiger partial charge in [-0.2, -0.15) is 0 Å². The van der Waals surface area contributed by atoms with Crippen LogP contribution in [0.2, 0.25) is 0 Å². The zero-order valence-corrected chi connectivity index (χ0v) is 13.9. The van der Waals surface area contributed by atoms with E-state index in [0.29, 0.717) is 24.7 Å². The van der Waals surface area contributed by atoms with Crippen LogP contribution in [-0.4, -0.2) is 21.6 Å². The summed E-state index contributed by atoms with van der Waals surface area (Å²) in [4.78, 5) is 0.176. The molecule has 4 rings (SSSR count). The number of sulfonamides is 1. The van der Waals surface area contributed by atoms with Gasteiger partial charge in [-0.25, -0.2) is 13.1 Å². The second kappa shape index (κ2) is 6.08. The number of ether oxygens (including phenoxy) is 2. The maximum absolute atomic E-state index is 12.5. The van der Waals surface area contributed by atoms with Crippen molar-refractivity contribution >= 4 is 10.0 Å². The molecule has 0 amide bonds. The highest BCUT2D eigenvalue weighted by atomic mass is 32.2. The highest BCUT2D eigenvalue weighted by Crippen LogP contribution is 2.32. The number of hydrogen-bond acceptors (Lipinski definition) is 5. The number of benzene rings is 2. The minimum atomic E-state index is -3.61. The third-order valence-electron chi connectivity index (χ3n) is 4.19. The Morgan fingerprint density at radius 2 is 1.75 bits per heavy atom. The Labute approximate surface area is 140 Å². The lowest BCUT2D eigenvalue weighted by molar-refractivity contribution is 0.171. The Balaban J connectivity index is 1.51. The Bertz CT molecular complexity index is 880. The van der Waals surface area contributed by atoms with Crippen molar-refractivity contribution in [3.05, 3.63) is 53.1 Å². The van der Waals surface area contributed by atoms with Crippen molar-refractivity contribution in [1.82, 2.24) is 10.0 Å². The van der Waals surface area contributed by atoms with E-state index in [4.69, 9.17) is 9.47 Å². The average Bonchev–Trinajstić information content (AvgIpc) is 3.07. The molecule has 0 atom stereocenters. The fourth-order valence-electron chi connectivity index (χ4n) is 2.91. The van der Waals surface area contributed by atoms with Crippen molar-refractivity contribution in [3.63, 3.8) is 0 Å². The van der Waals surface area contributed by atoms with Crippen molar-refractivity contribution in [2.24, 2.45) is 0 Å². The Hall–Kier alpha value is -2.09. The molecule has 2 N–H and O–H groups in total. The van der Waals surface area contributed by atoms with Crippen LogP contribution in [0.1, 0.15) is 16.7 Å². The first kappa shape index (κ1) is 15.4. The number of rotatable bonds is 4. The van der Waals surface area contributed by atoms with Crippen molar-refractivity contribution in [3.8, 4) is 11.5 Å². The second-order valence-corrected chi connectivity index (χ2v) is 7.60. The summed E-state index contributed by atoms with van der Waals surface area (Å²) < 4.78 is 38.5. The number of hydrogen-bond donors (Lipinski definition) is 2. The van der Waals surface area contributed by atoms with Crippen LogP contribution < -0.4 is 19.5 Å². The molecule has 0 spiro atoms. The summed E-state index contributed by atoms with van der Waals surface area (Å²) in [7, 11) is -3.61. The van der Waals surface area contributed by atoms with Gasteiger partial charge >= 0.3 is 0 Å². The Morgan fingerprint density at radius 3 is 2.62 bits per heavy atom. The molecule has 0 bridgehead atoms. The molecule has 2 heterocycles. The molecular formula is C17H18N2O4S. The number of fused-ring (bicyclic) bond motifs is 2. The zero-order chi connectivity index (χ0) is 16.6. The minimum absolute atomic E-state index is 0.176. The maximum atomic E-state index is 12.5. The van der Waals surface area contributed by atoms with E-state index < -0.39 is 10.0 Å². The van der Waals surface area contributed by atoms with E-state index in [0.717, 1.165) is 18.7 Å². The van der Waals surface area contributed by atoms with Crippen molar-refractivity contribution in [2.75, 3.05) is 13.2 Å². The second-order valence-electron chi connectivity index (χ2n) is 5.84. The first-order valence-electron chi connectivity index (χ1n) is 7.82. The third-order valence-corrected chi connectivity index (χ3v) is 5.59. The van der Waals surface area contributed by atoms with Crippen LogP contribution in [0.3, 0.4) is 0 Å². The summed E-state index contributed by atoms with van der Waals surface area (Å²) in [5, 5.41) is 3.28. The van der Waals surface area contributed by atoms with Crippen LogP contribution in [0.5, 0.6) is 11.5 Å². The third kappa shape index (κ3) is 2.98. The molecular weight excluding hydrogens is 328 g/mol. The Kier molecular flexibility index (Phi) is 3.91. The lowest BCUT2D eigenvalue weighted by atomic mass is 10.1. The van der Waals surface area contributed by atoms with Crippen molar-refractivity contribution < 1.29 is 17.9 Å². The molecule has 6 nitrogen and oxygen atoms in total. The van der Waals surface area contributed by atoms with Gasteiger partial charge in [-0.3, -0.25) is 0 Å². The highest BCUT2D eigenvalue weighted by Gasteiger charge is 2.19. The normalized spacial score (nSPS) is 16.0. The SMILES string of the molecule is O=S(=O)(NCc1ccc2c(c1)CNC2)c1ccc2c(c1)OCCO2. The zero-order valence-electron chi connectivity index (χ0n) is 13.0. The molecule has 126 valence electrons. The van der Waals surface area contributed by atoms with E-state index >= 15 is 0 Å². The fraction of sp³-hybridized carbons (Fsp3) is 0.294. The van der Waals surface area contributed by atoms with Gasteiger partial charge in [0.2, 0.25) is 10.0 Å². The topological polar surface area (TPSA) is 76.7 Å². The predicted molar refractivity (Wildman–Crippen MR) is 88.4 cm³/mol. The standard InChI is InChI=1S/C17H18N2O4S/c20-24(21,15-3-4-16-17(8-15)23-6-5-22-16)19-9-12-1-2-13-10-18-11-14(13)7-12/h1-4,7-8,18-19H,5-6,9-11H2. The van der Waals surface area contributed by atoms with Crippen molar-refractivity contribution in [2.45, 2.75) is 24.5 Å². The van der Waals surface area contributed by atoms with Crippen LogP contribution >= 0.6 is 0 Å². The highest BCUT2D eigenvalue weighted by molar-refractivity contribution is 7.89. The van der Waals surface area contributed by atoms with Gasteiger partial charge in [-0.1, -0.05) is 18.2 Å². The molecule has 0 fully saturated rings. The van der Waals surface area contributed by atoms with E-state index in [1.807, 2.05) is 18.2 Å². The lowest BCUT2D eigenvalue weighted by Gasteiger charge is -2.19. The molecule has 2 aliphatic rings. The molecule has 7 heteroatoms. The number of nitrogens with one attached hydrogen (secondary N) is 2. The maximum Gasteiger partial charge on any atom is 0.241 e. The van der Waals surface area contributed by atoms with Gasteiger partial charge in [0.05, 0.1) is 4.90 Å². The fourth-order valence-corrected chi connectivity index (χ4v) is 3.94. The van der Waals surface area contributed by atoms with Gasteiger partial charge in [0.15, 0.2) is 11.5 Å². The van der Waals surface area contributed by atoms with Crippen LogP contribution in [0, 0.1) is 0 Å². The van der Waals surface area contributed by atoms with Gasteiger partial charge in [0.1, 0.15) is 13.2 Å². The summed E-state index contributed by atoms with van der Waals surface area (Å²) in [6, 6.07) is 10.7. The summed E-state index contributed by atoms with van der Waals surface area (Å²) in [6.45, 7) is 2.86. The smallest absolute Gasteiger partial charge is 0.241 e. The summed E-state index contributed by atoms with van der Waals surface area (Å²) in [5.41, 5.74) is 3.44. The molecule has 0 saturated heterocycles. The van der Waals surface area contributed by atoms with Gasteiger partial charge in [0, 0.05) is 25.7 Å². The predicted octanol–water partition coefficient (Wildman–Crippen LogP) is 1.54. The Morgan fingerprint density at radius 1 is 0.958 bits per heavy atom. The van der Waals surface area contributed by atoms with E-state index in [1.54, 1.807) is 6.07 Å². The van der Waals surface area contributed by atoms with Gasteiger partial charge in [-0.05, 0) is 28.8 Å². The molecule has 2 aliphatic heterocycles. The first-order chi connectivity index (χ1) is 11.6. The molecule has 0 saturated carbocycles. The molecule has 0 aliphatic carbocycles. The molecule has 2 aromatic carbocycles. The lowest BCUT2D eigenvalue weighted by Crippen LogP contribution is -2.24. The molecule has 2 aromatic rings. The minimum Gasteiger partial charge on any atom is -0.486 e. The largest absolute Gasteiger partial charge is 0.486 e. The van der Waals surface area contributed by atoms with Crippen LogP contribution in [-0.2, 0) is 29.7 Å².